The third-order valence-electron chi connectivity index (χ3n) is 3.57. The molecule has 21 heavy (non-hydrogen) atoms. The summed E-state index contributed by atoms with van der Waals surface area (Å²) in [6.45, 7) is 7.32. The standard InChI is InChI=1S/C16H20N4O/c1-12-5-3-4-6-14(12)18-16-17-13(2)11-15(19-16)20-7-9-21-10-8-20/h3-6,11H,7-10H2,1-2H3,(H,17,18,19). The van der Waals surface area contributed by atoms with E-state index in [0.717, 1.165) is 43.5 Å². The van der Waals surface area contributed by atoms with E-state index in [4.69, 9.17) is 4.74 Å². The lowest BCUT2D eigenvalue weighted by Crippen LogP contribution is -2.36. The van der Waals surface area contributed by atoms with Crippen LogP contribution in [0.15, 0.2) is 30.3 Å². The maximum atomic E-state index is 5.39. The highest BCUT2D eigenvalue weighted by Crippen LogP contribution is 2.21. The highest BCUT2D eigenvalue weighted by molar-refractivity contribution is 5.59. The van der Waals surface area contributed by atoms with Gasteiger partial charge >= 0.3 is 0 Å². The normalized spacial score (nSPS) is 15.0. The van der Waals surface area contributed by atoms with Crippen molar-refractivity contribution >= 4 is 17.5 Å². The molecule has 1 aliphatic rings. The number of para-hydroxylation sites is 1. The van der Waals surface area contributed by atoms with Crippen LogP contribution < -0.4 is 10.2 Å². The van der Waals surface area contributed by atoms with Gasteiger partial charge in [-0.15, -0.1) is 0 Å². The van der Waals surface area contributed by atoms with Crippen molar-refractivity contribution in [2.45, 2.75) is 13.8 Å². The van der Waals surface area contributed by atoms with Crippen molar-refractivity contribution in [2.24, 2.45) is 0 Å². The molecule has 5 nitrogen and oxygen atoms in total. The van der Waals surface area contributed by atoms with E-state index in [1.165, 1.54) is 5.56 Å². The van der Waals surface area contributed by atoms with Gasteiger partial charge in [0.25, 0.3) is 0 Å². The lowest BCUT2D eigenvalue weighted by atomic mass is 10.2. The summed E-state index contributed by atoms with van der Waals surface area (Å²) in [5, 5.41) is 3.31. The van der Waals surface area contributed by atoms with Crippen molar-refractivity contribution in [3.8, 4) is 0 Å². The van der Waals surface area contributed by atoms with E-state index in [2.05, 4.69) is 33.2 Å². The van der Waals surface area contributed by atoms with Gasteiger partial charge in [-0.05, 0) is 25.5 Å². The Morgan fingerprint density at radius 3 is 2.62 bits per heavy atom. The summed E-state index contributed by atoms with van der Waals surface area (Å²) in [7, 11) is 0. The fourth-order valence-electron chi connectivity index (χ4n) is 2.40. The van der Waals surface area contributed by atoms with Crippen molar-refractivity contribution < 1.29 is 4.74 Å². The summed E-state index contributed by atoms with van der Waals surface area (Å²) >= 11 is 0. The number of aryl methyl sites for hydroxylation is 2. The first kappa shape index (κ1) is 13.8. The molecule has 5 heteroatoms. The summed E-state index contributed by atoms with van der Waals surface area (Å²) in [5.74, 6) is 1.60. The highest BCUT2D eigenvalue weighted by atomic mass is 16.5. The predicted molar refractivity (Wildman–Crippen MR) is 84.3 cm³/mol. The monoisotopic (exact) mass is 284 g/mol. The Hall–Kier alpha value is -2.14. The fourth-order valence-corrected chi connectivity index (χ4v) is 2.40. The third-order valence-corrected chi connectivity index (χ3v) is 3.57. The van der Waals surface area contributed by atoms with Gasteiger partial charge in [0.15, 0.2) is 0 Å². The second kappa shape index (κ2) is 6.10. The van der Waals surface area contributed by atoms with Crippen LogP contribution in [0.25, 0.3) is 0 Å². The van der Waals surface area contributed by atoms with Crippen LogP contribution in [0.4, 0.5) is 17.5 Å². The summed E-state index contributed by atoms with van der Waals surface area (Å²) in [4.78, 5) is 11.4. The maximum Gasteiger partial charge on any atom is 0.229 e. The number of ether oxygens (including phenoxy) is 1. The number of anilines is 3. The Balaban J connectivity index is 1.85. The topological polar surface area (TPSA) is 50.3 Å². The average Bonchev–Trinajstić information content (AvgIpc) is 2.50. The minimum atomic E-state index is 0.644. The predicted octanol–water partition coefficient (Wildman–Crippen LogP) is 2.67. The van der Waals surface area contributed by atoms with Crippen LogP contribution >= 0.6 is 0 Å². The first-order valence-electron chi connectivity index (χ1n) is 7.23. The van der Waals surface area contributed by atoms with Crippen molar-refractivity contribution in [3.63, 3.8) is 0 Å². The molecule has 110 valence electrons. The average molecular weight is 284 g/mol. The molecule has 1 aliphatic heterocycles. The second-order valence-electron chi connectivity index (χ2n) is 5.23. The minimum absolute atomic E-state index is 0.644. The molecule has 2 aromatic rings. The molecule has 3 rings (SSSR count). The second-order valence-corrected chi connectivity index (χ2v) is 5.23. The van der Waals surface area contributed by atoms with Gasteiger partial charge in [0, 0.05) is 30.5 Å². The van der Waals surface area contributed by atoms with Crippen molar-refractivity contribution in [2.75, 3.05) is 36.5 Å². The van der Waals surface area contributed by atoms with Crippen molar-refractivity contribution in [3.05, 3.63) is 41.6 Å². The number of hydrogen-bond donors (Lipinski definition) is 1. The molecule has 0 amide bonds. The summed E-state index contributed by atoms with van der Waals surface area (Å²) in [6.07, 6.45) is 0. The van der Waals surface area contributed by atoms with Gasteiger partial charge in [0.1, 0.15) is 5.82 Å². The van der Waals surface area contributed by atoms with Gasteiger partial charge in [-0.2, -0.15) is 4.98 Å². The van der Waals surface area contributed by atoms with Crippen LogP contribution in [0.2, 0.25) is 0 Å². The number of hydrogen-bond acceptors (Lipinski definition) is 5. The van der Waals surface area contributed by atoms with Crippen LogP contribution in [0.3, 0.4) is 0 Å². The Kier molecular flexibility index (Phi) is 4.01. The smallest absolute Gasteiger partial charge is 0.229 e. The molecule has 2 heterocycles. The molecule has 1 aromatic carbocycles. The van der Waals surface area contributed by atoms with Gasteiger partial charge in [-0.1, -0.05) is 18.2 Å². The zero-order valence-corrected chi connectivity index (χ0v) is 12.5. The molecular weight excluding hydrogens is 264 g/mol. The van der Waals surface area contributed by atoms with E-state index in [-0.39, 0.29) is 0 Å². The van der Waals surface area contributed by atoms with E-state index in [9.17, 15) is 0 Å². The van der Waals surface area contributed by atoms with Gasteiger partial charge in [-0.3, -0.25) is 0 Å². The van der Waals surface area contributed by atoms with Crippen molar-refractivity contribution in [1.29, 1.82) is 0 Å². The lowest BCUT2D eigenvalue weighted by molar-refractivity contribution is 0.122. The number of morpholine rings is 1. The molecular formula is C16H20N4O. The number of nitrogens with one attached hydrogen (secondary N) is 1. The van der Waals surface area contributed by atoms with E-state index < -0.39 is 0 Å². The summed E-state index contributed by atoms with van der Waals surface area (Å²) in [5.41, 5.74) is 3.18. The first-order valence-corrected chi connectivity index (χ1v) is 7.23. The third kappa shape index (κ3) is 3.31. The number of benzene rings is 1. The molecule has 0 bridgehead atoms. The Bertz CT molecular complexity index is 623. The zero-order chi connectivity index (χ0) is 14.7. The quantitative estimate of drug-likeness (QED) is 0.939. The summed E-state index contributed by atoms with van der Waals surface area (Å²) < 4.78 is 5.39. The molecule has 1 saturated heterocycles. The molecule has 1 N–H and O–H groups in total. The van der Waals surface area contributed by atoms with Crippen LogP contribution in [0.1, 0.15) is 11.3 Å². The first-order chi connectivity index (χ1) is 10.2. The van der Waals surface area contributed by atoms with Gasteiger partial charge in [-0.25, -0.2) is 4.98 Å². The number of aromatic nitrogens is 2. The fraction of sp³-hybridized carbons (Fsp3) is 0.375. The van der Waals surface area contributed by atoms with Gasteiger partial charge in [0.2, 0.25) is 5.95 Å². The molecule has 0 spiro atoms. The molecule has 1 aromatic heterocycles. The SMILES string of the molecule is Cc1cc(N2CCOCC2)nc(Nc2ccccc2C)n1. The summed E-state index contributed by atoms with van der Waals surface area (Å²) in [6, 6.07) is 10.2. The Morgan fingerprint density at radius 2 is 1.86 bits per heavy atom. The van der Waals surface area contributed by atoms with Crippen molar-refractivity contribution in [1.82, 2.24) is 9.97 Å². The molecule has 0 saturated carbocycles. The highest BCUT2D eigenvalue weighted by Gasteiger charge is 2.14. The largest absolute Gasteiger partial charge is 0.378 e. The Labute approximate surface area is 125 Å². The van der Waals surface area contributed by atoms with Crippen LogP contribution in [0.5, 0.6) is 0 Å². The molecule has 1 fully saturated rings. The minimum Gasteiger partial charge on any atom is -0.378 e. The van der Waals surface area contributed by atoms with E-state index >= 15 is 0 Å². The van der Waals surface area contributed by atoms with E-state index in [0.29, 0.717) is 5.95 Å². The zero-order valence-electron chi connectivity index (χ0n) is 12.5. The van der Waals surface area contributed by atoms with Crippen LogP contribution in [-0.2, 0) is 4.74 Å². The molecule has 0 radical (unpaired) electrons. The van der Waals surface area contributed by atoms with Crippen LogP contribution in [0, 0.1) is 13.8 Å². The molecule has 0 unspecified atom stereocenters. The molecule has 0 atom stereocenters. The van der Waals surface area contributed by atoms with Gasteiger partial charge < -0.3 is 15.0 Å². The van der Waals surface area contributed by atoms with E-state index in [1.54, 1.807) is 0 Å². The maximum absolute atomic E-state index is 5.39. The Morgan fingerprint density at radius 1 is 1.10 bits per heavy atom. The lowest BCUT2D eigenvalue weighted by Gasteiger charge is -2.28. The van der Waals surface area contributed by atoms with Gasteiger partial charge in [0.05, 0.1) is 13.2 Å². The number of rotatable bonds is 3. The molecule has 0 aliphatic carbocycles. The van der Waals surface area contributed by atoms with Crippen LogP contribution in [-0.4, -0.2) is 36.3 Å². The van der Waals surface area contributed by atoms with E-state index in [1.807, 2.05) is 31.2 Å². The number of nitrogens with zero attached hydrogens (tertiary/aromatic N) is 3.